The van der Waals surface area contributed by atoms with E-state index in [9.17, 15) is 0 Å². The summed E-state index contributed by atoms with van der Waals surface area (Å²) in [5.41, 5.74) is 26.4. The Bertz CT molecular complexity index is 3420. The Labute approximate surface area is 390 Å². The Morgan fingerprint density at radius 1 is 0.364 bits per heavy atom. The van der Waals surface area contributed by atoms with E-state index in [1.165, 1.54) is 117 Å². The normalized spacial score (nSPS) is 14.5. The van der Waals surface area contributed by atoms with Crippen LogP contribution >= 0.6 is 0 Å². The topological polar surface area (TPSA) is 6.48 Å². The van der Waals surface area contributed by atoms with Gasteiger partial charge in [0.2, 0.25) is 0 Å². The van der Waals surface area contributed by atoms with Gasteiger partial charge in [0, 0.05) is 33.9 Å². The summed E-state index contributed by atoms with van der Waals surface area (Å²) in [6.07, 6.45) is 0. The number of benzene rings is 9. The number of fused-ring (bicyclic) bond motifs is 13. The maximum absolute atomic E-state index is 2.75. The zero-order chi connectivity index (χ0) is 44.7. The van der Waals surface area contributed by atoms with Gasteiger partial charge < -0.3 is 9.71 Å². The van der Waals surface area contributed by atoms with Gasteiger partial charge in [-0.2, -0.15) is 0 Å². The first-order valence-corrected chi connectivity index (χ1v) is 23.6. The summed E-state index contributed by atoms with van der Waals surface area (Å²) in [7, 11) is 0. The average Bonchev–Trinajstić information content (AvgIpc) is 3.63. The molecule has 4 aliphatic rings. The van der Waals surface area contributed by atoms with Crippen molar-refractivity contribution in [1.29, 1.82) is 0 Å². The van der Waals surface area contributed by atoms with Crippen LogP contribution in [0.2, 0.25) is 0 Å². The van der Waals surface area contributed by atoms with E-state index in [-0.39, 0.29) is 17.7 Å². The fourth-order valence-electron chi connectivity index (χ4n) is 12.1. The van der Waals surface area contributed by atoms with E-state index in [1.54, 1.807) is 0 Å². The van der Waals surface area contributed by atoms with Crippen molar-refractivity contribution in [2.45, 2.75) is 57.8 Å². The lowest BCUT2D eigenvalue weighted by atomic mass is 9.42. The highest BCUT2D eigenvalue weighted by Crippen LogP contribution is 2.65. The molecule has 0 radical (unpaired) electrons. The Hall–Kier alpha value is -7.36. The molecule has 0 atom stereocenters. The molecule has 316 valence electrons. The van der Waals surface area contributed by atoms with Gasteiger partial charge in [-0.3, -0.25) is 0 Å². The number of nitrogens with zero attached hydrogens (tertiary/aromatic N) is 2. The van der Waals surface area contributed by atoms with E-state index < -0.39 is 5.41 Å². The maximum Gasteiger partial charge on any atom is 0.333 e. The monoisotopic (exact) mass is 846 g/mol. The highest BCUT2D eigenvalue weighted by molar-refractivity contribution is 6.93. The van der Waals surface area contributed by atoms with Crippen molar-refractivity contribution in [3.05, 3.63) is 234 Å². The van der Waals surface area contributed by atoms with Crippen LogP contribution in [0.4, 0.5) is 28.4 Å². The zero-order valence-corrected chi connectivity index (χ0v) is 38.5. The lowest BCUT2D eigenvalue weighted by Gasteiger charge is -2.52. The fraction of sp³-hybridized carbons (Fsp3) is 0.143. The number of hydrogen-bond donors (Lipinski definition) is 0. The molecule has 0 N–H and O–H groups in total. The van der Waals surface area contributed by atoms with Crippen LogP contribution in [0.1, 0.15) is 74.9 Å². The van der Waals surface area contributed by atoms with Crippen molar-refractivity contribution in [3.8, 4) is 44.5 Å². The van der Waals surface area contributed by atoms with Crippen LogP contribution in [0.3, 0.4) is 0 Å². The van der Waals surface area contributed by atoms with Crippen molar-refractivity contribution in [2.75, 3.05) is 9.71 Å². The molecule has 3 aliphatic heterocycles. The minimum atomic E-state index is -0.492. The third kappa shape index (κ3) is 5.32. The van der Waals surface area contributed by atoms with Gasteiger partial charge in [0.15, 0.2) is 0 Å². The lowest BCUT2D eigenvalue weighted by Crippen LogP contribution is -2.63. The van der Waals surface area contributed by atoms with Crippen molar-refractivity contribution in [1.82, 2.24) is 0 Å². The van der Waals surface area contributed by atoms with Gasteiger partial charge in [-0.05, 0) is 119 Å². The average molecular weight is 847 g/mol. The Kier molecular flexibility index (Phi) is 8.18. The van der Waals surface area contributed by atoms with E-state index in [0.29, 0.717) is 0 Å². The predicted molar refractivity (Wildman–Crippen MR) is 279 cm³/mol. The second kappa shape index (κ2) is 13.8. The van der Waals surface area contributed by atoms with Crippen molar-refractivity contribution >= 4 is 46.2 Å². The third-order valence-electron chi connectivity index (χ3n) is 15.1. The van der Waals surface area contributed by atoms with Crippen molar-refractivity contribution < 1.29 is 0 Å². The van der Waals surface area contributed by atoms with Crippen LogP contribution in [0.15, 0.2) is 200 Å². The molecule has 1 spiro atoms. The first kappa shape index (κ1) is 39.0. The minimum absolute atomic E-state index is 0.0282. The Balaban J connectivity index is 1.18. The van der Waals surface area contributed by atoms with Crippen LogP contribution in [-0.2, 0) is 16.2 Å². The summed E-state index contributed by atoms with van der Waals surface area (Å²) in [5.74, 6) is 0. The summed E-state index contributed by atoms with van der Waals surface area (Å²) in [4.78, 5) is 5.38. The van der Waals surface area contributed by atoms with Gasteiger partial charge in [0.05, 0.1) is 11.1 Å². The molecule has 9 aromatic carbocycles. The fourth-order valence-corrected chi connectivity index (χ4v) is 12.1. The summed E-state index contributed by atoms with van der Waals surface area (Å²) in [5, 5.41) is 0. The van der Waals surface area contributed by atoms with E-state index in [2.05, 4.69) is 251 Å². The van der Waals surface area contributed by atoms with Crippen LogP contribution in [0, 0.1) is 0 Å². The van der Waals surface area contributed by atoms with Gasteiger partial charge in [-0.1, -0.05) is 211 Å². The van der Waals surface area contributed by atoms with Gasteiger partial charge in [0.25, 0.3) is 0 Å². The zero-order valence-electron chi connectivity index (χ0n) is 38.5. The maximum atomic E-state index is 2.75. The molecule has 9 aromatic rings. The van der Waals surface area contributed by atoms with Crippen molar-refractivity contribution in [2.24, 2.45) is 0 Å². The molecule has 0 saturated heterocycles. The molecule has 0 aromatic heterocycles. The largest absolute Gasteiger partial charge is 0.376 e. The van der Waals surface area contributed by atoms with Crippen LogP contribution < -0.4 is 20.6 Å². The van der Waals surface area contributed by atoms with E-state index >= 15 is 0 Å². The van der Waals surface area contributed by atoms with Gasteiger partial charge >= 0.3 is 6.85 Å². The summed E-state index contributed by atoms with van der Waals surface area (Å²) < 4.78 is 0. The molecule has 0 saturated carbocycles. The molecule has 3 heterocycles. The number of anilines is 5. The summed E-state index contributed by atoms with van der Waals surface area (Å²) in [6, 6.07) is 76.4. The first-order valence-electron chi connectivity index (χ1n) is 23.6. The molecule has 3 heteroatoms. The highest BCUT2D eigenvalue weighted by Gasteiger charge is 2.56. The lowest BCUT2D eigenvalue weighted by molar-refractivity contribution is 0.590. The van der Waals surface area contributed by atoms with Gasteiger partial charge in [-0.25, -0.2) is 0 Å². The molecule has 1 aliphatic carbocycles. The van der Waals surface area contributed by atoms with E-state index in [0.717, 1.165) is 0 Å². The van der Waals surface area contributed by atoms with Crippen LogP contribution in [0.25, 0.3) is 44.5 Å². The molecule has 13 rings (SSSR count). The Morgan fingerprint density at radius 2 is 0.939 bits per heavy atom. The minimum Gasteiger partial charge on any atom is -0.376 e. The molecule has 0 fully saturated rings. The van der Waals surface area contributed by atoms with Gasteiger partial charge in [-0.15, -0.1) is 0 Å². The summed E-state index contributed by atoms with van der Waals surface area (Å²) in [6.45, 7) is 14.0. The standard InChI is InChI=1S/C63H51BN2/c1-61(2,3)43-33-35-55(48(37-43)41-22-11-8-12-23-41)65-57-36-42(40-20-9-7-10-21-40)32-34-54(57)64-59-49(38-44(39-58(59)65)62(4,5)6)47-26-19-30-53-60(47)66(64)56-31-18-17-29-52(56)63(53)50-27-15-13-24-45(50)46-25-14-16-28-51(46)63/h7-39H,1-6H3. The van der Waals surface area contributed by atoms with Gasteiger partial charge in [0.1, 0.15) is 0 Å². The van der Waals surface area contributed by atoms with E-state index in [1.807, 2.05) is 0 Å². The molecular weight excluding hydrogens is 796 g/mol. The molecule has 0 amide bonds. The van der Waals surface area contributed by atoms with Crippen molar-refractivity contribution in [3.63, 3.8) is 0 Å². The number of hydrogen-bond acceptors (Lipinski definition) is 2. The number of para-hydroxylation sites is 2. The SMILES string of the molecule is CC(C)(C)c1ccc(N2c3cc(-c4ccccc4)ccc3B3c4c(cc(C(C)(C)C)cc42)-c2cccc4c2N3c2ccccc2C42c3ccccc3-c3ccccc32)c(-c2ccccc2)c1. The third-order valence-corrected chi connectivity index (χ3v) is 15.1. The van der Waals surface area contributed by atoms with Crippen LogP contribution in [-0.4, -0.2) is 6.85 Å². The molecular formula is C63H51BN2. The Morgan fingerprint density at radius 3 is 1.62 bits per heavy atom. The number of rotatable bonds is 3. The van der Waals surface area contributed by atoms with Crippen LogP contribution in [0.5, 0.6) is 0 Å². The molecule has 0 unspecified atom stereocenters. The highest BCUT2D eigenvalue weighted by atomic mass is 15.2. The quantitative estimate of drug-likeness (QED) is 0.163. The second-order valence-electron chi connectivity index (χ2n) is 20.9. The second-order valence-corrected chi connectivity index (χ2v) is 20.9. The molecule has 0 bridgehead atoms. The van der Waals surface area contributed by atoms with E-state index in [4.69, 9.17) is 0 Å². The molecule has 66 heavy (non-hydrogen) atoms. The first-order chi connectivity index (χ1) is 32.0. The molecule has 2 nitrogen and oxygen atoms in total. The summed E-state index contributed by atoms with van der Waals surface area (Å²) >= 11 is 0. The smallest absolute Gasteiger partial charge is 0.333 e. The predicted octanol–water partition coefficient (Wildman–Crippen LogP) is 15.0.